The van der Waals surface area contributed by atoms with E-state index in [0.717, 1.165) is 18.4 Å². The van der Waals surface area contributed by atoms with E-state index in [1.54, 1.807) is 0 Å². The number of allylic oxidation sites excluding steroid dienone is 5. The first-order valence-electron chi connectivity index (χ1n) is 6.78. The third-order valence-electron chi connectivity index (χ3n) is 3.52. The van der Waals surface area contributed by atoms with Gasteiger partial charge in [-0.05, 0) is 49.7 Å². The number of rotatable bonds is 3. The molecule has 0 fully saturated rings. The monoisotopic (exact) mass is 260 g/mol. The fraction of sp³-hybridized carbons (Fsp3) is 0.529. The minimum Gasteiger partial charge on any atom is -0.426 e. The van der Waals surface area contributed by atoms with Crippen molar-refractivity contribution >= 4 is 5.97 Å². The second kappa shape index (κ2) is 6.58. The standard InChI is InChI=1S/C17H24O2/c1-13(10-12-19-15(3)18)8-9-16-14(2)7-6-11-17(16,4)5/h7,9,12H,6,8,11H2,1-5H3/b16-9-. The van der Waals surface area contributed by atoms with Gasteiger partial charge in [-0.15, -0.1) is 0 Å². The van der Waals surface area contributed by atoms with Gasteiger partial charge in [0, 0.05) is 6.92 Å². The first-order valence-corrected chi connectivity index (χ1v) is 6.78. The van der Waals surface area contributed by atoms with Crippen molar-refractivity contribution in [1.29, 1.82) is 0 Å². The molecule has 0 N–H and O–H groups in total. The molecule has 0 amide bonds. The lowest BCUT2D eigenvalue weighted by atomic mass is 9.73. The van der Waals surface area contributed by atoms with Crippen molar-refractivity contribution in [2.45, 2.75) is 53.9 Å². The van der Waals surface area contributed by atoms with Crippen LogP contribution < -0.4 is 0 Å². The highest BCUT2D eigenvalue weighted by Crippen LogP contribution is 2.40. The lowest BCUT2D eigenvalue weighted by molar-refractivity contribution is -0.135. The first-order chi connectivity index (χ1) is 8.83. The van der Waals surface area contributed by atoms with Gasteiger partial charge in [-0.25, -0.2) is 0 Å². The van der Waals surface area contributed by atoms with Gasteiger partial charge >= 0.3 is 5.97 Å². The maximum absolute atomic E-state index is 10.6. The van der Waals surface area contributed by atoms with Crippen LogP contribution in [0.5, 0.6) is 0 Å². The van der Waals surface area contributed by atoms with Gasteiger partial charge in [-0.2, -0.15) is 0 Å². The molecule has 0 aromatic heterocycles. The molecule has 0 radical (unpaired) electrons. The molecule has 0 spiro atoms. The van der Waals surface area contributed by atoms with Crippen LogP contribution in [-0.2, 0) is 9.53 Å². The van der Waals surface area contributed by atoms with Gasteiger partial charge in [0.1, 0.15) is 6.26 Å². The van der Waals surface area contributed by atoms with E-state index in [9.17, 15) is 4.79 Å². The van der Waals surface area contributed by atoms with Crippen molar-refractivity contribution in [1.82, 2.24) is 0 Å². The summed E-state index contributed by atoms with van der Waals surface area (Å²) in [6.07, 6.45) is 9.12. The fourth-order valence-corrected chi connectivity index (χ4v) is 2.39. The molecule has 0 aliphatic heterocycles. The van der Waals surface area contributed by atoms with Crippen LogP contribution in [-0.4, -0.2) is 5.97 Å². The van der Waals surface area contributed by atoms with Gasteiger partial charge < -0.3 is 4.74 Å². The Kier molecular flexibility index (Phi) is 5.38. The predicted octanol–water partition coefficient (Wildman–Crippen LogP) is 4.69. The third kappa shape index (κ3) is 4.92. The van der Waals surface area contributed by atoms with Gasteiger partial charge in [0.15, 0.2) is 0 Å². The van der Waals surface area contributed by atoms with Crippen LogP contribution in [0.15, 0.2) is 40.9 Å². The van der Waals surface area contributed by atoms with Crippen LogP contribution in [0.4, 0.5) is 0 Å². The summed E-state index contributed by atoms with van der Waals surface area (Å²) in [6.45, 7) is 10.1. The SMILES string of the molecule is CC(=O)OC=C=C(C)C/C=C1/C(C)=CCCC1(C)C. The average Bonchev–Trinajstić information content (AvgIpc) is 2.26. The Morgan fingerprint density at radius 2 is 2.16 bits per heavy atom. The Hall–Kier alpha value is -1.53. The Bertz CT molecular complexity index is 469. The maximum atomic E-state index is 10.6. The van der Waals surface area contributed by atoms with E-state index in [1.165, 1.54) is 30.8 Å². The number of hydrogen-bond acceptors (Lipinski definition) is 2. The molecule has 0 unspecified atom stereocenters. The normalized spacial score (nSPS) is 19.4. The summed E-state index contributed by atoms with van der Waals surface area (Å²) in [4.78, 5) is 10.6. The highest BCUT2D eigenvalue weighted by molar-refractivity contribution is 5.66. The lowest BCUT2D eigenvalue weighted by Crippen LogP contribution is -2.18. The quantitative estimate of drug-likeness (QED) is 0.418. The topological polar surface area (TPSA) is 26.3 Å². The second-order valence-electron chi connectivity index (χ2n) is 5.78. The molecule has 104 valence electrons. The zero-order valence-electron chi connectivity index (χ0n) is 12.7. The van der Waals surface area contributed by atoms with Gasteiger partial charge in [-0.1, -0.05) is 37.3 Å². The van der Waals surface area contributed by atoms with Gasteiger partial charge in [0.2, 0.25) is 0 Å². The molecule has 0 bridgehead atoms. The van der Waals surface area contributed by atoms with Crippen LogP contribution in [0.2, 0.25) is 0 Å². The molecule has 0 aromatic rings. The van der Waals surface area contributed by atoms with Crippen LogP contribution in [0, 0.1) is 5.41 Å². The second-order valence-corrected chi connectivity index (χ2v) is 5.78. The highest BCUT2D eigenvalue weighted by Gasteiger charge is 2.26. The summed E-state index contributed by atoms with van der Waals surface area (Å²) in [5.41, 5.74) is 7.09. The molecule has 0 saturated carbocycles. The summed E-state index contributed by atoms with van der Waals surface area (Å²) in [6, 6.07) is 0. The fourth-order valence-electron chi connectivity index (χ4n) is 2.39. The first kappa shape index (κ1) is 15.5. The number of esters is 1. The molecule has 2 heteroatoms. The number of carbonyl (C=O) groups excluding carboxylic acids is 1. The Morgan fingerprint density at radius 3 is 2.74 bits per heavy atom. The van der Waals surface area contributed by atoms with E-state index in [-0.39, 0.29) is 11.4 Å². The molecular formula is C17H24O2. The zero-order valence-corrected chi connectivity index (χ0v) is 12.7. The number of hydrogen-bond donors (Lipinski definition) is 0. The van der Waals surface area contributed by atoms with Crippen molar-refractivity contribution in [2.24, 2.45) is 5.41 Å². The Labute approximate surface area is 116 Å². The molecule has 0 atom stereocenters. The van der Waals surface area contributed by atoms with E-state index in [0.29, 0.717) is 0 Å². The molecule has 1 aliphatic rings. The molecule has 0 aromatic carbocycles. The molecular weight excluding hydrogens is 236 g/mol. The Morgan fingerprint density at radius 1 is 1.47 bits per heavy atom. The molecule has 19 heavy (non-hydrogen) atoms. The van der Waals surface area contributed by atoms with Crippen molar-refractivity contribution in [3.05, 3.63) is 40.9 Å². The summed E-state index contributed by atoms with van der Waals surface area (Å²) in [7, 11) is 0. The van der Waals surface area contributed by atoms with E-state index in [2.05, 4.69) is 38.7 Å². The summed E-state index contributed by atoms with van der Waals surface area (Å²) in [5.74, 6) is -0.314. The molecule has 1 rings (SSSR count). The Balaban J connectivity index is 2.80. The lowest BCUT2D eigenvalue weighted by Gasteiger charge is -2.32. The van der Waals surface area contributed by atoms with E-state index in [4.69, 9.17) is 4.74 Å². The maximum Gasteiger partial charge on any atom is 0.308 e. The largest absolute Gasteiger partial charge is 0.426 e. The highest BCUT2D eigenvalue weighted by atomic mass is 16.5. The molecule has 1 aliphatic carbocycles. The average molecular weight is 260 g/mol. The predicted molar refractivity (Wildman–Crippen MR) is 78.5 cm³/mol. The van der Waals surface area contributed by atoms with Gasteiger partial charge in [0.25, 0.3) is 0 Å². The third-order valence-corrected chi connectivity index (χ3v) is 3.52. The minimum absolute atomic E-state index is 0.249. The molecule has 0 heterocycles. The molecule has 2 nitrogen and oxygen atoms in total. The van der Waals surface area contributed by atoms with E-state index >= 15 is 0 Å². The van der Waals surface area contributed by atoms with Crippen molar-refractivity contribution in [2.75, 3.05) is 0 Å². The van der Waals surface area contributed by atoms with Crippen molar-refractivity contribution in [3.63, 3.8) is 0 Å². The summed E-state index contributed by atoms with van der Waals surface area (Å²) < 4.78 is 4.74. The van der Waals surface area contributed by atoms with E-state index < -0.39 is 0 Å². The van der Waals surface area contributed by atoms with Crippen LogP contribution in [0.1, 0.15) is 53.9 Å². The van der Waals surface area contributed by atoms with Crippen molar-refractivity contribution in [3.8, 4) is 0 Å². The summed E-state index contributed by atoms with van der Waals surface area (Å²) >= 11 is 0. The van der Waals surface area contributed by atoms with Crippen LogP contribution in [0.3, 0.4) is 0 Å². The number of carbonyl (C=O) groups is 1. The van der Waals surface area contributed by atoms with Gasteiger partial charge in [0.05, 0.1) is 0 Å². The smallest absolute Gasteiger partial charge is 0.308 e. The van der Waals surface area contributed by atoms with Gasteiger partial charge in [-0.3, -0.25) is 4.79 Å². The van der Waals surface area contributed by atoms with Crippen LogP contribution in [0.25, 0.3) is 0 Å². The summed E-state index contributed by atoms with van der Waals surface area (Å²) in [5, 5.41) is 0. The van der Waals surface area contributed by atoms with Crippen LogP contribution >= 0.6 is 0 Å². The van der Waals surface area contributed by atoms with E-state index in [1.807, 2.05) is 6.92 Å². The number of ether oxygens (including phenoxy) is 1. The minimum atomic E-state index is -0.314. The molecule has 0 saturated heterocycles. The zero-order chi connectivity index (χ0) is 14.5. The van der Waals surface area contributed by atoms with Crippen molar-refractivity contribution < 1.29 is 9.53 Å².